The fraction of sp³-hybridized carbons (Fsp3) is 0.353. The quantitative estimate of drug-likeness (QED) is 0.695. The zero-order valence-corrected chi connectivity index (χ0v) is 14.0. The minimum absolute atomic E-state index is 0.256. The highest BCUT2D eigenvalue weighted by Gasteiger charge is 2.13. The maximum Gasteiger partial charge on any atom is 0.240 e. The Morgan fingerprint density at radius 1 is 1.21 bits per heavy atom. The van der Waals surface area contributed by atoms with E-state index in [1.54, 1.807) is 22.9 Å². The standard InChI is InChI=1S/C17H20FN5O/c1-12-14(10-23(3)20-12)9-22(2)11-17-19-16(21-24-17)8-13-6-4-5-7-15(13)18/h4-7,10H,8-9,11H2,1-3H3. The molecule has 0 amide bonds. The van der Waals surface area contributed by atoms with Crippen LogP contribution in [0.25, 0.3) is 0 Å². The second kappa shape index (κ2) is 6.92. The first kappa shape index (κ1) is 16.3. The van der Waals surface area contributed by atoms with Crippen molar-refractivity contribution in [1.82, 2.24) is 24.8 Å². The van der Waals surface area contributed by atoms with Crippen LogP contribution in [0, 0.1) is 12.7 Å². The summed E-state index contributed by atoms with van der Waals surface area (Å²) in [6, 6.07) is 6.61. The summed E-state index contributed by atoms with van der Waals surface area (Å²) in [4.78, 5) is 6.42. The fourth-order valence-corrected chi connectivity index (χ4v) is 2.62. The molecule has 0 aliphatic rings. The van der Waals surface area contributed by atoms with Crippen LogP contribution in [-0.4, -0.2) is 31.9 Å². The van der Waals surface area contributed by atoms with Crippen LogP contribution in [0.1, 0.15) is 28.5 Å². The average Bonchev–Trinajstić information content (AvgIpc) is 3.08. The SMILES string of the molecule is Cc1nn(C)cc1CN(C)Cc1nc(Cc2ccccc2F)no1. The Balaban J connectivity index is 1.61. The molecule has 24 heavy (non-hydrogen) atoms. The molecule has 3 rings (SSSR count). The fourth-order valence-electron chi connectivity index (χ4n) is 2.62. The molecule has 0 radical (unpaired) electrons. The van der Waals surface area contributed by atoms with Gasteiger partial charge in [0.2, 0.25) is 5.89 Å². The highest BCUT2D eigenvalue weighted by Crippen LogP contribution is 2.13. The summed E-state index contributed by atoms with van der Waals surface area (Å²) in [6.07, 6.45) is 2.32. The molecular formula is C17H20FN5O. The van der Waals surface area contributed by atoms with Crippen LogP contribution >= 0.6 is 0 Å². The zero-order chi connectivity index (χ0) is 17.1. The van der Waals surface area contributed by atoms with Crippen LogP contribution < -0.4 is 0 Å². The second-order valence-corrected chi connectivity index (χ2v) is 5.96. The van der Waals surface area contributed by atoms with Crippen LogP contribution in [0.4, 0.5) is 4.39 Å². The van der Waals surface area contributed by atoms with Crippen molar-refractivity contribution < 1.29 is 8.91 Å². The normalized spacial score (nSPS) is 11.4. The van der Waals surface area contributed by atoms with E-state index in [1.807, 2.05) is 27.2 Å². The van der Waals surface area contributed by atoms with Gasteiger partial charge in [0.25, 0.3) is 0 Å². The number of rotatable bonds is 6. The lowest BCUT2D eigenvalue weighted by Crippen LogP contribution is -2.17. The highest BCUT2D eigenvalue weighted by atomic mass is 19.1. The van der Waals surface area contributed by atoms with Crippen molar-refractivity contribution in [3.8, 4) is 0 Å². The van der Waals surface area contributed by atoms with E-state index < -0.39 is 0 Å². The third-order valence-electron chi connectivity index (χ3n) is 3.78. The molecule has 0 N–H and O–H groups in total. The van der Waals surface area contributed by atoms with E-state index in [1.165, 1.54) is 6.07 Å². The van der Waals surface area contributed by atoms with Crippen molar-refractivity contribution in [3.05, 3.63) is 64.8 Å². The van der Waals surface area contributed by atoms with Crippen molar-refractivity contribution in [2.24, 2.45) is 7.05 Å². The van der Waals surface area contributed by atoms with E-state index in [2.05, 4.69) is 20.1 Å². The molecule has 0 spiro atoms. The average molecular weight is 329 g/mol. The van der Waals surface area contributed by atoms with E-state index in [0.717, 1.165) is 17.8 Å². The predicted octanol–water partition coefficient (Wildman–Crippen LogP) is 2.47. The van der Waals surface area contributed by atoms with Crippen LogP contribution in [0.2, 0.25) is 0 Å². The minimum Gasteiger partial charge on any atom is -0.338 e. The largest absolute Gasteiger partial charge is 0.338 e. The van der Waals surface area contributed by atoms with Gasteiger partial charge in [0, 0.05) is 31.8 Å². The van der Waals surface area contributed by atoms with Crippen molar-refractivity contribution in [3.63, 3.8) is 0 Å². The Morgan fingerprint density at radius 3 is 2.71 bits per heavy atom. The summed E-state index contributed by atoms with van der Waals surface area (Å²) in [5.41, 5.74) is 2.73. The number of benzene rings is 1. The number of halogens is 1. The summed E-state index contributed by atoms with van der Waals surface area (Å²) in [5, 5.41) is 8.27. The topological polar surface area (TPSA) is 60.0 Å². The van der Waals surface area contributed by atoms with Gasteiger partial charge in [0.1, 0.15) is 5.82 Å². The lowest BCUT2D eigenvalue weighted by atomic mass is 10.1. The molecule has 0 bridgehead atoms. The maximum absolute atomic E-state index is 13.7. The van der Waals surface area contributed by atoms with Gasteiger partial charge in [-0.2, -0.15) is 10.1 Å². The van der Waals surface area contributed by atoms with Gasteiger partial charge in [0.15, 0.2) is 5.82 Å². The third kappa shape index (κ3) is 3.86. The molecule has 126 valence electrons. The smallest absolute Gasteiger partial charge is 0.240 e. The molecule has 3 aromatic rings. The van der Waals surface area contributed by atoms with Gasteiger partial charge in [0.05, 0.1) is 12.2 Å². The van der Waals surface area contributed by atoms with Gasteiger partial charge in [-0.05, 0) is 25.6 Å². The molecule has 0 saturated carbocycles. The molecule has 0 aliphatic heterocycles. The van der Waals surface area contributed by atoms with Gasteiger partial charge in [-0.25, -0.2) is 4.39 Å². The van der Waals surface area contributed by atoms with Crippen molar-refractivity contribution in [1.29, 1.82) is 0 Å². The molecule has 1 aromatic carbocycles. The van der Waals surface area contributed by atoms with Gasteiger partial charge in [-0.3, -0.25) is 9.58 Å². The van der Waals surface area contributed by atoms with Gasteiger partial charge in [-0.15, -0.1) is 0 Å². The van der Waals surface area contributed by atoms with Gasteiger partial charge < -0.3 is 4.52 Å². The molecule has 6 nitrogen and oxygen atoms in total. The molecule has 0 atom stereocenters. The highest BCUT2D eigenvalue weighted by molar-refractivity contribution is 5.20. The second-order valence-electron chi connectivity index (χ2n) is 5.96. The molecule has 0 fully saturated rings. The molecule has 0 saturated heterocycles. The number of aryl methyl sites for hydroxylation is 2. The third-order valence-corrected chi connectivity index (χ3v) is 3.78. The van der Waals surface area contributed by atoms with Crippen molar-refractivity contribution in [2.75, 3.05) is 7.05 Å². The Morgan fingerprint density at radius 2 is 2.00 bits per heavy atom. The van der Waals surface area contributed by atoms with E-state index in [4.69, 9.17) is 4.52 Å². The first-order valence-electron chi connectivity index (χ1n) is 7.74. The van der Waals surface area contributed by atoms with Crippen molar-refractivity contribution >= 4 is 0 Å². The van der Waals surface area contributed by atoms with E-state index >= 15 is 0 Å². The summed E-state index contributed by atoms with van der Waals surface area (Å²) in [5.74, 6) is 0.750. The van der Waals surface area contributed by atoms with Gasteiger partial charge in [-0.1, -0.05) is 23.4 Å². The van der Waals surface area contributed by atoms with Crippen LogP contribution in [0.15, 0.2) is 35.0 Å². The number of nitrogens with zero attached hydrogens (tertiary/aromatic N) is 5. The summed E-state index contributed by atoms with van der Waals surface area (Å²) in [6.45, 7) is 3.26. The van der Waals surface area contributed by atoms with Crippen LogP contribution in [0.5, 0.6) is 0 Å². The first-order chi connectivity index (χ1) is 11.5. The Hall–Kier alpha value is -2.54. The van der Waals surface area contributed by atoms with Gasteiger partial charge >= 0.3 is 0 Å². The van der Waals surface area contributed by atoms with E-state index in [-0.39, 0.29) is 5.82 Å². The summed E-state index contributed by atoms with van der Waals surface area (Å²) in [7, 11) is 3.89. The molecular weight excluding hydrogens is 309 g/mol. The maximum atomic E-state index is 13.7. The Kier molecular flexibility index (Phi) is 4.71. The number of hydrogen-bond acceptors (Lipinski definition) is 5. The van der Waals surface area contributed by atoms with E-state index in [0.29, 0.717) is 30.2 Å². The number of aromatic nitrogens is 4. The minimum atomic E-state index is -0.256. The summed E-state index contributed by atoms with van der Waals surface area (Å²) >= 11 is 0. The molecule has 0 aliphatic carbocycles. The first-order valence-corrected chi connectivity index (χ1v) is 7.74. The number of hydrogen-bond donors (Lipinski definition) is 0. The zero-order valence-electron chi connectivity index (χ0n) is 14.0. The monoisotopic (exact) mass is 329 g/mol. The molecule has 0 unspecified atom stereocenters. The lowest BCUT2D eigenvalue weighted by Gasteiger charge is -2.13. The lowest BCUT2D eigenvalue weighted by molar-refractivity contribution is 0.260. The Labute approximate surface area is 139 Å². The molecule has 2 aromatic heterocycles. The van der Waals surface area contributed by atoms with Crippen LogP contribution in [-0.2, 0) is 26.6 Å². The predicted molar refractivity (Wildman–Crippen MR) is 86.6 cm³/mol. The Bertz CT molecular complexity index is 826. The molecule has 7 heteroatoms. The van der Waals surface area contributed by atoms with Crippen LogP contribution in [0.3, 0.4) is 0 Å². The molecule has 2 heterocycles. The summed E-state index contributed by atoms with van der Waals surface area (Å²) < 4.78 is 20.7. The van der Waals surface area contributed by atoms with E-state index in [9.17, 15) is 4.39 Å². The van der Waals surface area contributed by atoms with Crippen molar-refractivity contribution in [2.45, 2.75) is 26.4 Å².